The number of carbonyl (C=O) groups is 1. The van der Waals surface area contributed by atoms with E-state index in [9.17, 15) is 4.79 Å². The summed E-state index contributed by atoms with van der Waals surface area (Å²) in [6, 6.07) is 7.11. The predicted octanol–water partition coefficient (Wildman–Crippen LogP) is 4.51. The molecule has 0 N–H and O–H groups in total. The molecule has 4 heterocycles. The van der Waals surface area contributed by atoms with E-state index in [1.54, 1.807) is 54.2 Å². The van der Waals surface area contributed by atoms with Gasteiger partial charge in [0.05, 0.1) is 31.0 Å². The van der Waals surface area contributed by atoms with Crippen LogP contribution in [0.25, 0.3) is 0 Å². The first kappa shape index (κ1) is 34.0. The predicted molar refractivity (Wildman–Crippen MR) is 155 cm³/mol. The van der Waals surface area contributed by atoms with E-state index < -0.39 is 47.4 Å². The van der Waals surface area contributed by atoms with E-state index in [-0.39, 0.29) is 19.3 Å². The van der Waals surface area contributed by atoms with Gasteiger partial charge in [-0.05, 0) is 71.1 Å². The van der Waals surface area contributed by atoms with Gasteiger partial charge in [0.15, 0.2) is 0 Å². The molecule has 0 aromatic heterocycles. The highest BCUT2D eigenvalue weighted by Gasteiger charge is 2.57. The molecule has 2 bridgehead atoms. The van der Waals surface area contributed by atoms with Crippen molar-refractivity contribution in [2.24, 2.45) is 0 Å². The van der Waals surface area contributed by atoms with Gasteiger partial charge in [0.1, 0.15) is 18.8 Å². The Balaban J connectivity index is 1.56. The topological polar surface area (TPSA) is 109 Å². The molecule has 4 aliphatic rings. The van der Waals surface area contributed by atoms with E-state index in [4.69, 9.17) is 47.4 Å². The lowest BCUT2D eigenvalue weighted by molar-refractivity contribution is -0.450. The highest BCUT2D eigenvalue weighted by atomic mass is 16.8. The lowest BCUT2D eigenvalue weighted by Gasteiger charge is -2.52. The van der Waals surface area contributed by atoms with Crippen molar-refractivity contribution in [2.75, 3.05) is 41.7 Å². The SMILES string of the molecule is CO[C@@]1(C)O[C@@H]2CC/C=C/CC[C@H]3O[C@](C)(OC)[C@@](C)(OC)O[C@@H]3COC(=O)c3ccc(cc3)COC[C@H]2O[C@]1(C)OC. The van der Waals surface area contributed by atoms with Crippen LogP contribution in [0.3, 0.4) is 0 Å². The lowest BCUT2D eigenvalue weighted by Crippen LogP contribution is -2.66. The Labute approximate surface area is 255 Å². The Morgan fingerprint density at radius 1 is 0.628 bits per heavy atom. The largest absolute Gasteiger partial charge is 0.459 e. The van der Waals surface area contributed by atoms with Crippen LogP contribution in [-0.2, 0) is 54.0 Å². The first-order valence-electron chi connectivity index (χ1n) is 14.9. The van der Waals surface area contributed by atoms with E-state index in [2.05, 4.69) is 12.2 Å². The number of benzene rings is 1. The van der Waals surface area contributed by atoms with E-state index in [0.717, 1.165) is 12.0 Å². The number of ether oxygens (including phenoxy) is 10. The highest BCUT2D eigenvalue weighted by Crippen LogP contribution is 2.42. The number of methoxy groups -OCH3 is 4. The summed E-state index contributed by atoms with van der Waals surface area (Å²) >= 11 is 0. The van der Waals surface area contributed by atoms with Crippen molar-refractivity contribution >= 4 is 5.97 Å². The van der Waals surface area contributed by atoms with Gasteiger partial charge in [0, 0.05) is 28.4 Å². The minimum absolute atomic E-state index is 0.00408. The minimum Gasteiger partial charge on any atom is -0.459 e. The Hall–Kier alpha value is -1.93. The average Bonchev–Trinajstić information content (AvgIpc) is 3.01. The Kier molecular flexibility index (Phi) is 11.1. The van der Waals surface area contributed by atoms with Crippen LogP contribution in [0.1, 0.15) is 69.3 Å². The summed E-state index contributed by atoms with van der Waals surface area (Å²) in [5.41, 5.74) is 1.32. The molecular formula is C32H48O11. The Morgan fingerprint density at radius 3 is 1.49 bits per heavy atom. The van der Waals surface area contributed by atoms with E-state index in [1.165, 1.54) is 7.11 Å². The quantitative estimate of drug-likeness (QED) is 0.356. The number of esters is 1. The molecule has 43 heavy (non-hydrogen) atoms. The van der Waals surface area contributed by atoms with Crippen LogP contribution in [0.15, 0.2) is 36.4 Å². The van der Waals surface area contributed by atoms with Crippen LogP contribution in [0, 0.1) is 0 Å². The van der Waals surface area contributed by atoms with E-state index >= 15 is 0 Å². The van der Waals surface area contributed by atoms with Crippen LogP contribution < -0.4 is 0 Å². The van der Waals surface area contributed by atoms with Crippen molar-refractivity contribution in [1.82, 2.24) is 0 Å². The van der Waals surface area contributed by atoms with Gasteiger partial charge in [-0.1, -0.05) is 24.3 Å². The molecule has 0 aliphatic carbocycles. The zero-order valence-electron chi connectivity index (χ0n) is 26.7. The first-order chi connectivity index (χ1) is 20.4. The molecule has 11 nitrogen and oxygen atoms in total. The fourth-order valence-corrected chi connectivity index (χ4v) is 5.62. The van der Waals surface area contributed by atoms with Crippen molar-refractivity contribution in [1.29, 1.82) is 0 Å². The zero-order valence-corrected chi connectivity index (χ0v) is 26.7. The Bertz CT molecular complexity index is 1100. The van der Waals surface area contributed by atoms with Crippen LogP contribution in [0.2, 0.25) is 0 Å². The van der Waals surface area contributed by atoms with Gasteiger partial charge < -0.3 is 47.4 Å². The smallest absolute Gasteiger partial charge is 0.338 e. The minimum atomic E-state index is -1.21. The molecule has 0 unspecified atom stereocenters. The maximum Gasteiger partial charge on any atom is 0.338 e. The fraction of sp³-hybridized carbons (Fsp3) is 0.719. The third-order valence-electron chi connectivity index (χ3n) is 9.06. The summed E-state index contributed by atoms with van der Waals surface area (Å²) in [7, 11) is 6.23. The van der Waals surface area contributed by atoms with Crippen molar-refractivity contribution in [3.05, 3.63) is 47.5 Å². The molecule has 8 atom stereocenters. The molecular weight excluding hydrogens is 560 g/mol. The van der Waals surface area contributed by atoms with Crippen molar-refractivity contribution in [3.8, 4) is 0 Å². The molecule has 2 fully saturated rings. The van der Waals surface area contributed by atoms with Crippen molar-refractivity contribution in [3.63, 3.8) is 0 Å². The van der Waals surface area contributed by atoms with Crippen LogP contribution in [0.5, 0.6) is 0 Å². The third-order valence-corrected chi connectivity index (χ3v) is 9.06. The molecule has 11 heteroatoms. The van der Waals surface area contributed by atoms with Crippen molar-refractivity contribution in [2.45, 2.75) is 108 Å². The van der Waals surface area contributed by atoms with Crippen LogP contribution in [-0.4, -0.2) is 95.2 Å². The van der Waals surface area contributed by atoms with Crippen LogP contribution in [0.4, 0.5) is 0 Å². The molecule has 1 aromatic carbocycles. The summed E-state index contributed by atoms with van der Waals surface area (Å²) < 4.78 is 60.3. The number of hydrogen-bond acceptors (Lipinski definition) is 11. The standard InChI is InChI=1S/C32H48O11/c1-29(34-5)31(3,36-7)42-26-20-38-19-22-15-17-23(18-16-22)28(33)39-21-27-25(14-12-10-9-11-13-24(26)40-29)41-30(2,35-6)32(4,37-8)43-27/h9-10,15-18,24-27H,11-14,19-21H2,1-8H3/b10-9+/t24-,25-,26-,27-,29+,30+,31+,32+/m1/s1. The van der Waals surface area contributed by atoms with Gasteiger partial charge in [0.25, 0.3) is 0 Å². The van der Waals surface area contributed by atoms with Gasteiger partial charge in [-0.25, -0.2) is 4.79 Å². The molecule has 1 aromatic rings. The lowest BCUT2D eigenvalue weighted by atomic mass is 9.99. The summed E-state index contributed by atoms with van der Waals surface area (Å²) in [6.45, 7) is 7.76. The Morgan fingerprint density at radius 2 is 1.05 bits per heavy atom. The van der Waals surface area contributed by atoms with Crippen LogP contribution >= 0.6 is 0 Å². The molecule has 0 spiro atoms. The second-order valence-corrected chi connectivity index (χ2v) is 11.7. The highest BCUT2D eigenvalue weighted by molar-refractivity contribution is 5.89. The normalized spacial score (nSPS) is 40.6. The number of allylic oxidation sites excluding steroid dienone is 2. The molecule has 242 valence electrons. The van der Waals surface area contributed by atoms with E-state index in [1.807, 2.05) is 19.1 Å². The second-order valence-electron chi connectivity index (χ2n) is 11.7. The maximum atomic E-state index is 12.9. The summed E-state index contributed by atoms with van der Waals surface area (Å²) in [5.74, 6) is -5.08. The number of hydrogen-bond donors (Lipinski definition) is 0. The maximum absolute atomic E-state index is 12.9. The fourth-order valence-electron chi connectivity index (χ4n) is 5.62. The molecule has 2 saturated heterocycles. The van der Waals surface area contributed by atoms with Gasteiger partial charge >= 0.3 is 5.97 Å². The average molecular weight is 609 g/mol. The molecule has 4 aliphatic heterocycles. The van der Waals surface area contributed by atoms with Gasteiger partial charge in [-0.3, -0.25) is 0 Å². The first-order valence-corrected chi connectivity index (χ1v) is 14.9. The van der Waals surface area contributed by atoms with Gasteiger partial charge in [-0.15, -0.1) is 0 Å². The summed E-state index contributed by atoms with van der Waals surface area (Å²) in [6.07, 6.45) is 5.29. The number of carbonyl (C=O) groups excluding carboxylic acids is 1. The summed E-state index contributed by atoms with van der Waals surface area (Å²) in [4.78, 5) is 12.9. The zero-order chi connectivity index (χ0) is 31.3. The van der Waals surface area contributed by atoms with E-state index in [0.29, 0.717) is 31.4 Å². The van der Waals surface area contributed by atoms with Gasteiger partial charge in [0.2, 0.25) is 23.1 Å². The molecule has 0 amide bonds. The van der Waals surface area contributed by atoms with Crippen molar-refractivity contribution < 1.29 is 52.2 Å². The molecule has 0 radical (unpaired) electrons. The molecule has 0 saturated carbocycles. The monoisotopic (exact) mass is 608 g/mol. The molecule has 5 rings (SSSR count). The second kappa shape index (κ2) is 14.0. The number of rotatable bonds is 4. The summed E-state index contributed by atoms with van der Waals surface area (Å²) in [5, 5.41) is 0. The number of fused-ring (bicyclic) bond motifs is 10. The third kappa shape index (κ3) is 7.16. The van der Waals surface area contributed by atoms with Gasteiger partial charge in [-0.2, -0.15) is 0 Å².